The van der Waals surface area contributed by atoms with Crippen LogP contribution in [0.2, 0.25) is 0 Å². The van der Waals surface area contributed by atoms with Crippen LogP contribution in [-0.4, -0.2) is 45.7 Å². The van der Waals surface area contributed by atoms with Crippen LogP contribution in [0.1, 0.15) is 16.8 Å². The van der Waals surface area contributed by atoms with Crippen molar-refractivity contribution in [2.45, 2.75) is 6.42 Å². The van der Waals surface area contributed by atoms with E-state index in [1.165, 1.54) is 10.5 Å². The average molecular weight is 360 g/mol. The molecule has 25 heavy (non-hydrogen) atoms. The molecule has 0 aliphatic carbocycles. The summed E-state index contributed by atoms with van der Waals surface area (Å²) in [5.74, 6) is 0.689. The smallest absolute Gasteiger partial charge is 0.257 e. The van der Waals surface area contributed by atoms with Crippen LogP contribution in [0.15, 0.2) is 42.6 Å². The molecule has 0 saturated carbocycles. The highest BCUT2D eigenvalue weighted by molar-refractivity contribution is 7.93. The Hall–Kier alpha value is -2.61. The fourth-order valence-electron chi connectivity index (χ4n) is 2.63. The summed E-state index contributed by atoms with van der Waals surface area (Å²) in [5.41, 5.74) is 1.67. The van der Waals surface area contributed by atoms with Gasteiger partial charge < -0.3 is 10.2 Å². The Morgan fingerprint density at radius 1 is 1.16 bits per heavy atom. The van der Waals surface area contributed by atoms with Crippen molar-refractivity contribution in [3.05, 3.63) is 48.2 Å². The molecule has 0 radical (unpaired) electrons. The maximum absolute atomic E-state index is 12.3. The molecule has 1 amide bonds. The van der Waals surface area contributed by atoms with Crippen molar-refractivity contribution in [2.75, 3.05) is 40.9 Å². The van der Waals surface area contributed by atoms with E-state index in [0.717, 1.165) is 5.82 Å². The fraction of sp³-hybridized carbons (Fsp3) is 0.294. The summed E-state index contributed by atoms with van der Waals surface area (Å²) < 4.78 is 25.3. The molecule has 1 aliphatic rings. The van der Waals surface area contributed by atoms with E-state index in [1.54, 1.807) is 36.4 Å². The quantitative estimate of drug-likeness (QED) is 0.901. The number of hydrogen-bond acceptors (Lipinski definition) is 5. The lowest BCUT2D eigenvalue weighted by atomic mass is 10.2. The molecular weight excluding hydrogens is 340 g/mol. The number of hydrogen-bond donors (Lipinski definition) is 1. The lowest BCUT2D eigenvalue weighted by molar-refractivity contribution is 0.102. The van der Waals surface area contributed by atoms with Crippen molar-refractivity contribution in [2.24, 2.45) is 0 Å². The molecule has 1 saturated heterocycles. The van der Waals surface area contributed by atoms with Gasteiger partial charge in [-0.25, -0.2) is 13.4 Å². The molecule has 1 fully saturated rings. The first-order chi connectivity index (χ1) is 11.9. The number of amides is 1. The van der Waals surface area contributed by atoms with E-state index >= 15 is 0 Å². The minimum atomic E-state index is -3.20. The Balaban J connectivity index is 1.70. The van der Waals surface area contributed by atoms with Gasteiger partial charge in [0.25, 0.3) is 5.91 Å². The Labute approximate surface area is 147 Å². The minimum Gasteiger partial charge on any atom is -0.363 e. The molecule has 1 aliphatic heterocycles. The summed E-state index contributed by atoms with van der Waals surface area (Å²) in [6.07, 6.45) is 2.16. The van der Waals surface area contributed by atoms with Gasteiger partial charge in [-0.15, -0.1) is 0 Å². The normalized spacial score (nSPS) is 15.8. The zero-order chi connectivity index (χ0) is 18.0. The summed E-state index contributed by atoms with van der Waals surface area (Å²) in [7, 11) is 0.562. The third-order valence-electron chi connectivity index (χ3n) is 3.98. The van der Waals surface area contributed by atoms with Gasteiger partial charge in [-0.3, -0.25) is 9.10 Å². The zero-order valence-corrected chi connectivity index (χ0v) is 15.0. The highest BCUT2D eigenvalue weighted by Crippen LogP contribution is 2.25. The summed E-state index contributed by atoms with van der Waals surface area (Å²) in [5, 5.41) is 2.78. The SMILES string of the molecule is CN(C)c1ccc(C(=O)Nc2ccc(N3CCCS3(=O)=O)cc2)cn1. The molecule has 1 N–H and O–H groups in total. The first-order valence-corrected chi connectivity index (χ1v) is 9.53. The second kappa shape index (κ2) is 6.72. The van der Waals surface area contributed by atoms with Gasteiger partial charge in [-0.2, -0.15) is 0 Å². The van der Waals surface area contributed by atoms with E-state index in [1.807, 2.05) is 19.0 Å². The number of sulfonamides is 1. The number of pyridine rings is 1. The predicted octanol–water partition coefficient (Wildman–Crippen LogP) is 1.94. The van der Waals surface area contributed by atoms with Crippen LogP contribution >= 0.6 is 0 Å². The molecule has 8 heteroatoms. The van der Waals surface area contributed by atoms with Crippen molar-refractivity contribution >= 4 is 33.1 Å². The van der Waals surface area contributed by atoms with E-state index in [-0.39, 0.29) is 11.7 Å². The number of rotatable bonds is 4. The molecule has 2 heterocycles. The fourth-order valence-corrected chi connectivity index (χ4v) is 4.19. The standard InChI is InChI=1S/C17H20N4O3S/c1-20(2)16-9-4-13(12-18-16)17(22)19-14-5-7-15(8-6-14)21-10-3-11-25(21,23)24/h4-9,12H,3,10-11H2,1-2H3,(H,19,22). The Morgan fingerprint density at radius 2 is 1.88 bits per heavy atom. The summed E-state index contributed by atoms with van der Waals surface area (Å²) >= 11 is 0. The van der Waals surface area contributed by atoms with E-state index < -0.39 is 10.0 Å². The van der Waals surface area contributed by atoms with Crippen molar-refractivity contribution in [3.8, 4) is 0 Å². The Bertz CT molecular complexity index is 862. The van der Waals surface area contributed by atoms with Gasteiger partial charge in [-0.05, 0) is 42.8 Å². The molecule has 0 bridgehead atoms. The van der Waals surface area contributed by atoms with Crippen LogP contribution in [0.4, 0.5) is 17.2 Å². The molecule has 1 aromatic heterocycles. The van der Waals surface area contributed by atoms with Gasteiger partial charge in [0, 0.05) is 32.5 Å². The van der Waals surface area contributed by atoms with Crippen molar-refractivity contribution in [3.63, 3.8) is 0 Å². The molecule has 0 unspecified atom stereocenters. The first kappa shape index (κ1) is 17.2. The number of carbonyl (C=O) groups is 1. The monoisotopic (exact) mass is 360 g/mol. The maximum Gasteiger partial charge on any atom is 0.257 e. The zero-order valence-electron chi connectivity index (χ0n) is 14.1. The highest BCUT2D eigenvalue weighted by Gasteiger charge is 2.28. The van der Waals surface area contributed by atoms with E-state index in [9.17, 15) is 13.2 Å². The number of nitrogens with one attached hydrogen (secondary N) is 1. The van der Waals surface area contributed by atoms with E-state index in [4.69, 9.17) is 0 Å². The third kappa shape index (κ3) is 3.74. The number of benzene rings is 1. The maximum atomic E-state index is 12.3. The van der Waals surface area contributed by atoms with Gasteiger partial charge in [0.1, 0.15) is 5.82 Å². The molecule has 3 rings (SSSR count). The second-order valence-corrected chi connectivity index (χ2v) is 8.06. The highest BCUT2D eigenvalue weighted by atomic mass is 32.2. The second-order valence-electron chi connectivity index (χ2n) is 6.04. The van der Waals surface area contributed by atoms with Crippen LogP contribution in [0.25, 0.3) is 0 Å². The molecule has 2 aromatic rings. The van der Waals surface area contributed by atoms with Gasteiger partial charge >= 0.3 is 0 Å². The van der Waals surface area contributed by atoms with E-state index in [2.05, 4.69) is 10.3 Å². The molecule has 0 atom stereocenters. The van der Waals surface area contributed by atoms with Gasteiger partial charge in [-0.1, -0.05) is 0 Å². The Morgan fingerprint density at radius 3 is 2.40 bits per heavy atom. The first-order valence-electron chi connectivity index (χ1n) is 7.92. The van der Waals surface area contributed by atoms with E-state index in [0.29, 0.717) is 29.9 Å². The lowest BCUT2D eigenvalue weighted by Gasteiger charge is -2.17. The predicted molar refractivity (Wildman–Crippen MR) is 98.7 cm³/mol. The largest absolute Gasteiger partial charge is 0.363 e. The number of anilines is 3. The number of aromatic nitrogens is 1. The van der Waals surface area contributed by atoms with Gasteiger partial charge in [0.2, 0.25) is 10.0 Å². The van der Waals surface area contributed by atoms with Crippen molar-refractivity contribution in [1.29, 1.82) is 0 Å². The van der Waals surface area contributed by atoms with Crippen molar-refractivity contribution in [1.82, 2.24) is 4.98 Å². The number of carbonyl (C=O) groups excluding carboxylic acids is 1. The topological polar surface area (TPSA) is 82.6 Å². The minimum absolute atomic E-state index is 0.182. The van der Waals surface area contributed by atoms with Crippen molar-refractivity contribution < 1.29 is 13.2 Å². The summed E-state index contributed by atoms with van der Waals surface area (Å²) in [4.78, 5) is 18.3. The average Bonchev–Trinajstić information content (AvgIpc) is 2.95. The van der Waals surface area contributed by atoms with Gasteiger partial charge in [0.05, 0.1) is 17.0 Å². The lowest BCUT2D eigenvalue weighted by Crippen LogP contribution is -2.25. The third-order valence-corrected chi connectivity index (χ3v) is 5.85. The number of nitrogens with zero attached hydrogens (tertiary/aromatic N) is 3. The molecule has 0 spiro atoms. The molecular formula is C17H20N4O3S. The summed E-state index contributed by atoms with van der Waals surface area (Å²) in [6.45, 7) is 0.498. The Kier molecular flexibility index (Phi) is 4.63. The summed E-state index contributed by atoms with van der Waals surface area (Å²) in [6, 6.07) is 10.3. The molecule has 7 nitrogen and oxygen atoms in total. The van der Waals surface area contributed by atoms with Crippen LogP contribution in [0.5, 0.6) is 0 Å². The molecule has 132 valence electrons. The van der Waals surface area contributed by atoms with Crippen LogP contribution < -0.4 is 14.5 Å². The van der Waals surface area contributed by atoms with Gasteiger partial charge in [0.15, 0.2) is 0 Å². The van der Waals surface area contributed by atoms with Crippen LogP contribution in [-0.2, 0) is 10.0 Å². The molecule has 1 aromatic carbocycles. The van der Waals surface area contributed by atoms with Crippen LogP contribution in [0, 0.1) is 0 Å². The van der Waals surface area contributed by atoms with Crippen LogP contribution in [0.3, 0.4) is 0 Å².